The monoisotopic (exact) mass is 85.0 g/mol. The molecule has 0 fully saturated rings. The third-order valence-corrected chi connectivity index (χ3v) is 0. The second kappa shape index (κ2) is 17.7. The quantitative estimate of drug-likeness (QED) is 0.268. The molecule has 0 spiro atoms. The summed E-state index contributed by atoms with van der Waals surface area (Å²) in [4.78, 5) is 0. The summed E-state index contributed by atoms with van der Waals surface area (Å²) in [5.41, 5.74) is 0. The Morgan fingerprint density at radius 3 is 1.60 bits per heavy atom. The zero-order valence-electron chi connectivity index (χ0n) is 5.52. The van der Waals surface area contributed by atoms with E-state index in [1.54, 1.807) is 0 Å². The van der Waals surface area contributed by atoms with E-state index in [1.807, 2.05) is 0 Å². The van der Waals surface area contributed by atoms with Crippen molar-refractivity contribution in [2.75, 3.05) is 0 Å². The van der Waals surface area contributed by atoms with Crippen molar-refractivity contribution >= 4 is 7.85 Å². The predicted molar refractivity (Wildman–Crippen MR) is 13.6 cm³/mol. The summed E-state index contributed by atoms with van der Waals surface area (Å²) in [7, 11) is 4.15. The number of nitriles is 1. The van der Waals surface area contributed by atoms with Gasteiger partial charge in [-0.2, -0.15) is 0 Å². The first kappa shape index (κ1) is 16.0. The minimum Gasteiger partial charge on any atom is -1.00 e. The molecule has 0 aromatic carbocycles. The summed E-state index contributed by atoms with van der Waals surface area (Å²) in [6.07, 6.45) is 0. The fraction of sp³-hybridized carbons (Fsp3) is 0. The van der Waals surface area contributed by atoms with Crippen molar-refractivity contribution in [3.63, 3.8) is 0 Å². The summed E-state index contributed by atoms with van der Waals surface area (Å²) < 4.78 is 0. The second-order valence-electron chi connectivity index (χ2n) is 0.129. The first-order chi connectivity index (χ1) is 1.41. The van der Waals surface area contributed by atoms with Gasteiger partial charge in [0, 0.05) is 0 Å². The molecule has 0 amide bonds. The normalized spacial score (nSPS) is 1.40. The Balaban J connectivity index is -0.00000000333. The summed E-state index contributed by atoms with van der Waals surface area (Å²) in [6, 6.07) is 0. The van der Waals surface area contributed by atoms with Gasteiger partial charge in [-0.25, -0.2) is 5.26 Å². The Morgan fingerprint density at radius 1 is 1.60 bits per heavy atom. The number of nitrogens with zero attached hydrogens (tertiary/aromatic N) is 1. The van der Waals surface area contributed by atoms with E-state index in [0.717, 1.165) is 0 Å². The molecule has 4 heteroatoms. The van der Waals surface area contributed by atoms with Gasteiger partial charge >= 0.3 is 59.1 Å². The molecule has 0 aliphatic carbocycles. The molecule has 0 rings (SSSR count). The van der Waals surface area contributed by atoms with Gasteiger partial charge in [-0.1, -0.05) is 0 Å². The van der Waals surface area contributed by atoms with Gasteiger partial charge in [0.2, 0.25) is 7.85 Å². The molecule has 0 heterocycles. The Morgan fingerprint density at radius 2 is 1.60 bits per heavy atom. The third-order valence-electron chi connectivity index (χ3n) is 0. The van der Waals surface area contributed by atoms with Crippen LogP contribution in [-0.2, 0) is 0 Å². The number of rotatable bonds is 0. The van der Waals surface area contributed by atoms with Gasteiger partial charge in [-0.15, -0.1) is 0 Å². The van der Waals surface area contributed by atoms with Crippen LogP contribution in [0, 0.1) is 11.2 Å². The first-order valence-electron chi connectivity index (χ1n) is 0.512. The van der Waals surface area contributed by atoms with Crippen LogP contribution in [0.5, 0.6) is 0 Å². The SMILES string of the molecule is [B]C#N.[H-].[H-].[Na+].[Na+]. The third kappa shape index (κ3) is 29.0. The molecule has 1 nitrogen and oxygen atoms in total. The van der Waals surface area contributed by atoms with Gasteiger partial charge in [0.15, 0.2) is 0 Å². The van der Waals surface area contributed by atoms with Gasteiger partial charge in [0.05, 0.1) is 0 Å². The minimum atomic E-state index is 0. The van der Waals surface area contributed by atoms with Crippen LogP contribution in [0.4, 0.5) is 0 Å². The Bertz CT molecular complexity index is 37.2. The number of hydrogen-bond acceptors (Lipinski definition) is 1. The minimum absolute atomic E-state index is 0. The molecule has 0 atom stereocenters. The smallest absolute Gasteiger partial charge is 1.00 e. The fourth-order valence-corrected chi connectivity index (χ4v) is 0. The zero-order valence-corrected chi connectivity index (χ0v) is 7.52. The summed E-state index contributed by atoms with van der Waals surface area (Å²) >= 11 is 0. The molecule has 0 aromatic heterocycles. The molecule has 5 heavy (non-hydrogen) atoms. The second-order valence-corrected chi connectivity index (χ2v) is 0.129. The molecule has 2 radical (unpaired) electrons. The molecule has 16 valence electrons. The maximum Gasteiger partial charge on any atom is 1.00 e. The average molecular weight is 84.8 g/mol. The van der Waals surface area contributed by atoms with E-state index in [0.29, 0.717) is 0 Å². The van der Waals surface area contributed by atoms with Crippen LogP contribution in [0.3, 0.4) is 0 Å². The van der Waals surface area contributed by atoms with Gasteiger partial charge in [-0.05, 0) is 5.97 Å². The summed E-state index contributed by atoms with van der Waals surface area (Å²) in [5, 5.41) is 7.10. The number of hydrogen-bond donors (Lipinski definition) is 0. The van der Waals surface area contributed by atoms with E-state index in [4.69, 9.17) is 5.26 Å². The molecule has 0 saturated carbocycles. The summed E-state index contributed by atoms with van der Waals surface area (Å²) in [5.74, 6) is 1.25. The van der Waals surface area contributed by atoms with Gasteiger partial charge in [0.25, 0.3) is 0 Å². The average Bonchev–Trinajstić information content (AvgIpc) is 0.918. The van der Waals surface area contributed by atoms with E-state index >= 15 is 0 Å². The summed E-state index contributed by atoms with van der Waals surface area (Å²) in [6.45, 7) is 0. The van der Waals surface area contributed by atoms with Crippen molar-refractivity contribution in [1.29, 1.82) is 5.26 Å². The standard InChI is InChI=1S/CBN.2Na.2H/c2-1-3;;;;/q;2*+1;2*-1. The maximum absolute atomic E-state index is 7.10. The van der Waals surface area contributed by atoms with Crippen molar-refractivity contribution in [3.8, 4) is 5.97 Å². The van der Waals surface area contributed by atoms with Crippen LogP contribution in [0.1, 0.15) is 2.85 Å². The Kier molecular flexibility index (Phi) is 56.5. The Labute approximate surface area is 80.1 Å². The molecule has 0 unspecified atom stereocenters. The van der Waals surface area contributed by atoms with Crippen LogP contribution < -0.4 is 59.1 Å². The van der Waals surface area contributed by atoms with Crippen LogP contribution in [0.2, 0.25) is 0 Å². The van der Waals surface area contributed by atoms with Crippen LogP contribution in [0.15, 0.2) is 0 Å². The van der Waals surface area contributed by atoms with E-state index in [9.17, 15) is 0 Å². The van der Waals surface area contributed by atoms with Crippen molar-refractivity contribution in [3.05, 3.63) is 0 Å². The molecule has 0 aliphatic rings. The van der Waals surface area contributed by atoms with Crippen LogP contribution in [-0.4, -0.2) is 7.85 Å². The molecule has 0 aromatic rings. The Hall–Kier alpha value is 1.55. The molecular formula is CH2BNNa2. The van der Waals surface area contributed by atoms with Gasteiger partial charge < -0.3 is 2.85 Å². The van der Waals surface area contributed by atoms with E-state index in [1.165, 1.54) is 5.97 Å². The molecule has 0 N–H and O–H groups in total. The fourth-order valence-electron chi connectivity index (χ4n) is 0. The molecule has 0 bridgehead atoms. The van der Waals surface area contributed by atoms with Crippen molar-refractivity contribution in [2.45, 2.75) is 0 Å². The van der Waals surface area contributed by atoms with E-state index < -0.39 is 0 Å². The topological polar surface area (TPSA) is 23.8 Å². The van der Waals surface area contributed by atoms with Crippen molar-refractivity contribution in [2.24, 2.45) is 0 Å². The van der Waals surface area contributed by atoms with Crippen molar-refractivity contribution < 1.29 is 62.0 Å². The van der Waals surface area contributed by atoms with Gasteiger partial charge in [-0.3, -0.25) is 0 Å². The van der Waals surface area contributed by atoms with Crippen molar-refractivity contribution in [1.82, 2.24) is 0 Å². The maximum atomic E-state index is 7.10. The molecule has 0 saturated heterocycles. The van der Waals surface area contributed by atoms with Crippen LogP contribution >= 0.6 is 0 Å². The van der Waals surface area contributed by atoms with E-state index in [2.05, 4.69) is 7.85 Å². The largest absolute Gasteiger partial charge is 1.00 e. The first-order valence-corrected chi connectivity index (χ1v) is 0.512. The predicted octanol–water partition coefficient (Wildman–Crippen LogP) is -6.13. The molecule has 0 aliphatic heterocycles. The van der Waals surface area contributed by atoms with Crippen LogP contribution in [0.25, 0.3) is 0 Å². The van der Waals surface area contributed by atoms with Gasteiger partial charge in [0.1, 0.15) is 0 Å². The molecular weight excluding hydrogens is 82.8 g/mol. The zero-order chi connectivity index (χ0) is 2.71. The van der Waals surface area contributed by atoms with E-state index in [-0.39, 0.29) is 62.0 Å².